The SMILES string of the molecule is O=C1NC2(c3ccccc31)c1cc3c4c(c1Oc1c2cc2c5c1CCCN5CCC2)CCCN4CCC3. The lowest BCUT2D eigenvalue weighted by atomic mass is 9.71. The van der Waals surface area contributed by atoms with Gasteiger partial charge in [0.15, 0.2) is 0 Å². The first-order valence-corrected chi connectivity index (χ1v) is 14.2. The van der Waals surface area contributed by atoms with Crippen LogP contribution in [0.1, 0.15) is 75.0 Å². The van der Waals surface area contributed by atoms with Crippen LogP contribution in [0.2, 0.25) is 0 Å². The van der Waals surface area contributed by atoms with Gasteiger partial charge in [-0.1, -0.05) is 18.2 Å². The Morgan fingerprint density at radius 1 is 0.703 bits per heavy atom. The van der Waals surface area contributed by atoms with Crippen LogP contribution in [-0.2, 0) is 31.2 Å². The largest absolute Gasteiger partial charge is 0.456 e. The first-order valence-electron chi connectivity index (χ1n) is 14.2. The van der Waals surface area contributed by atoms with Crippen molar-refractivity contribution in [2.45, 2.75) is 56.9 Å². The van der Waals surface area contributed by atoms with E-state index in [2.05, 4.69) is 39.4 Å². The highest BCUT2D eigenvalue weighted by Crippen LogP contribution is 2.59. The second-order valence-electron chi connectivity index (χ2n) is 11.7. The second kappa shape index (κ2) is 7.09. The topological polar surface area (TPSA) is 44.8 Å². The molecule has 0 unspecified atom stereocenters. The van der Waals surface area contributed by atoms with Crippen LogP contribution >= 0.6 is 0 Å². The van der Waals surface area contributed by atoms with Crippen LogP contribution < -0.4 is 19.9 Å². The van der Waals surface area contributed by atoms with Crippen molar-refractivity contribution in [3.8, 4) is 11.5 Å². The molecule has 6 aliphatic heterocycles. The van der Waals surface area contributed by atoms with E-state index in [4.69, 9.17) is 4.74 Å². The van der Waals surface area contributed by atoms with Gasteiger partial charge in [-0.3, -0.25) is 4.79 Å². The van der Waals surface area contributed by atoms with E-state index in [0.29, 0.717) is 0 Å². The van der Waals surface area contributed by atoms with Gasteiger partial charge < -0.3 is 19.9 Å². The van der Waals surface area contributed by atoms with E-state index >= 15 is 0 Å². The van der Waals surface area contributed by atoms with E-state index in [1.54, 1.807) is 0 Å². The van der Waals surface area contributed by atoms with E-state index in [1.807, 2.05) is 12.1 Å². The highest BCUT2D eigenvalue weighted by molar-refractivity contribution is 6.02. The molecule has 1 amide bonds. The maximum atomic E-state index is 13.6. The van der Waals surface area contributed by atoms with Gasteiger partial charge in [-0.2, -0.15) is 0 Å². The zero-order valence-corrected chi connectivity index (χ0v) is 21.2. The first-order chi connectivity index (χ1) is 18.2. The van der Waals surface area contributed by atoms with Gasteiger partial charge in [-0.15, -0.1) is 0 Å². The fourth-order valence-corrected chi connectivity index (χ4v) is 8.44. The minimum absolute atomic E-state index is 0.0235. The van der Waals surface area contributed by atoms with Gasteiger partial charge in [-0.05, 0) is 86.3 Å². The van der Waals surface area contributed by atoms with E-state index < -0.39 is 5.54 Å². The number of rotatable bonds is 0. The maximum Gasteiger partial charge on any atom is 0.252 e. The smallest absolute Gasteiger partial charge is 0.252 e. The number of aryl methyl sites for hydroxylation is 2. The van der Waals surface area contributed by atoms with Gasteiger partial charge in [0.1, 0.15) is 17.0 Å². The Labute approximate surface area is 217 Å². The summed E-state index contributed by atoms with van der Waals surface area (Å²) in [6.45, 7) is 4.53. The van der Waals surface area contributed by atoms with Gasteiger partial charge in [0.05, 0.1) is 0 Å². The molecular weight excluding hydrogens is 458 g/mol. The number of benzene rings is 3. The molecule has 0 atom stereocenters. The third kappa shape index (κ3) is 2.48. The van der Waals surface area contributed by atoms with Crippen LogP contribution in [0.25, 0.3) is 0 Å². The van der Waals surface area contributed by atoms with E-state index in [1.165, 1.54) is 46.5 Å². The van der Waals surface area contributed by atoms with Crippen LogP contribution in [0.15, 0.2) is 36.4 Å². The lowest BCUT2D eigenvalue weighted by Crippen LogP contribution is -2.45. The molecule has 0 aliphatic carbocycles. The molecule has 3 aromatic carbocycles. The van der Waals surface area contributed by atoms with Crippen molar-refractivity contribution in [2.24, 2.45) is 0 Å². The van der Waals surface area contributed by atoms with Crippen molar-refractivity contribution in [1.29, 1.82) is 0 Å². The molecule has 9 rings (SSSR count). The molecule has 0 saturated carbocycles. The fraction of sp³-hybridized carbons (Fsp3) is 0.406. The Morgan fingerprint density at radius 3 is 1.84 bits per heavy atom. The van der Waals surface area contributed by atoms with Crippen molar-refractivity contribution >= 4 is 17.3 Å². The van der Waals surface area contributed by atoms with Crippen molar-refractivity contribution in [3.05, 3.63) is 80.9 Å². The maximum absolute atomic E-state index is 13.6. The summed E-state index contributed by atoms with van der Waals surface area (Å²) in [6.07, 6.45) is 8.94. The lowest BCUT2D eigenvalue weighted by Gasteiger charge is -2.46. The average molecular weight is 490 g/mol. The van der Waals surface area contributed by atoms with Crippen LogP contribution in [0.5, 0.6) is 11.5 Å². The van der Waals surface area contributed by atoms with Crippen molar-refractivity contribution in [3.63, 3.8) is 0 Å². The van der Waals surface area contributed by atoms with E-state index in [0.717, 1.165) is 98.5 Å². The van der Waals surface area contributed by atoms with E-state index in [-0.39, 0.29) is 5.91 Å². The molecule has 186 valence electrons. The number of nitrogens with zero attached hydrogens (tertiary/aromatic N) is 2. The van der Waals surface area contributed by atoms with E-state index in [9.17, 15) is 4.79 Å². The third-order valence-corrected chi connectivity index (χ3v) is 9.83. The van der Waals surface area contributed by atoms with Crippen molar-refractivity contribution in [1.82, 2.24) is 5.32 Å². The number of hydrogen-bond donors (Lipinski definition) is 1. The number of fused-ring (bicyclic) bond motifs is 8. The quantitative estimate of drug-likeness (QED) is 0.470. The molecular formula is C32H31N3O2. The van der Waals surface area contributed by atoms with Gasteiger partial charge in [-0.25, -0.2) is 0 Å². The summed E-state index contributed by atoms with van der Waals surface area (Å²) >= 11 is 0. The summed E-state index contributed by atoms with van der Waals surface area (Å²) in [4.78, 5) is 18.8. The number of carbonyl (C=O) groups is 1. The molecule has 6 aliphatic rings. The highest BCUT2D eigenvalue weighted by Gasteiger charge is 2.53. The number of nitrogens with one attached hydrogen (secondary N) is 1. The summed E-state index contributed by atoms with van der Waals surface area (Å²) in [5, 5.41) is 3.58. The lowest BCUT2D eigenvalue weighted by molar-refractivity contribution is 0.0946. The Morgan fingerprint density at radius 2 is 1.24 bits per heavy atom. The minimum atomic E-state index is -0.701. The summed E-state index contributed by atoms with van der Waals surface area (Å²) in [5.74, 6) is 2.05. The number of amides is 1. The minimum Gasteiger partial charge on any atom is -0.456 e. The Kier molecular flexibility index (Phi) is 3.94. The first kappa shape index (κ1) is 20.6. The summed E-state index contributed by atoms with van der Waals surface area (Å²) in [5.41, 5.74) is 11.9. The van der Waals surface area contributed by atoms with Crippen molar-refractivity contribution in [2.75, 3.05) is 36.0 Å². The molecule has 6 heterocycles. The Balaban J connectivity index is 1.41. The van der Waals surface area contributed by atoms with Crippen LogP contribution in [-0.4, -0.2) is 32.1 Å². The normalized spacial score (nSPS) is 21.4. The van der Waals surface area contributed by atoms with Crippen molar-refractivity contribution < 1.29 is 9.53 Å². The predicted molar refractivity (Wildman–Crippen MR) is 144 cm³/mol. The monoisotopic (exact) mass is 489 g/mol. The molecule has 0 aromatic heterocycles. The predicted octanol–water partition coefficient (Wildman–Crippen LogP) is 5.23. The van der Waals surface area contributed by atoms with Gasteiger partial charge >= 0.3 is 0 Å². The van der Waals surface area contributed by atoms with Crippen LogP contribution in [0.4, 0.5) is 11.4 Å². The standard InChI is InChI=1S/C32H31N3O2/c36-31-21-9-1-2-12-24(21)32(33-31)25-17-19-7-3-13-34-15-5-10-22(27(19)34)29(25)37-30-23-11-6-16-35-14-4-8-20(28(23)35)18-26(30)32/h1-2,9,12,17-18H,3-8,10-11,13-16H2,(H,33,36). The molecule has 0 bridgehead atoms. The summed E-state index contributed by atoms with van der Waals surface area (Å²) in [7, 11) is 0. The number of hydrogen-bond acceptors (Lipinski definition) is 4. The zero-order chi connectivity index (χ0) is 24.3. The Hall–Kier alpha value is -3.47. The van der Waals surface area contributed by atoms with Gasteiger partial charge in [0.2, 0.25) is 0 Å². The number of carbonyl (C=O) groups excluding carboxylic acids is 1. The molecule has 0 saturated heterocycles. The molecule has 37 heavy (non-hydrogen) atoms. The average Bonchev–Trinajstić information content (AvgIpc) is 3.23. The molecule has 5 heteroatoms. The molecule has 1 spiro atoms. The zero-order valence-electron chi connectivity index (χ0n) is 21.2. The Bertz CT molecular complexity index is 1450. The van der Waals surface area contributed by atoms with Crippen LogP contribution in [0.3, 0.4) is 0 Å². The molecule has 5 nitrogen and oxygen atoms in total. The molecule has 1 N–H and O–H groups in total. The third-order valence-electron chi connectivity index (χ3n) is 9.83. The molecule has 3 aromatic rings. The number of ether oxygens (including phenoxy) is 1. The summed E-state index contributed by atoms with van der Waals surface area (Å²) in [6, 6.07) is 13.0. The van der Waals surface area contributed by atoms with Gasteiger partial charge in [0, 0.05) is 65.4 Å². The molecule has 0 fully saturated rings. The summed E-state index contributed by atoms with van der Waals surface area (Å²) < 4.78 is 7.15. The highest BCUT2D eigenvalue weighted by atomic mass is 16.5. The molecule has 0 radical (unpaired) electrons. The fourth-order valence-electron chi connectivity index (χ4n) is 8.44. The second-order valence-corrected chi connectivity index (χ2v) is 11.7. The van der Waals surface area contributed by atoms with Crippen LogP contribution in [0, 0.1) is 0 Å². The number of anilines is 2. The van der Waals surface area contributed by atoms with Gasteiger partial charge in [0.25, 0.3) is 5.91 Å².